The normalized spacial score (nSPS) is 12.1. The van der Waals surface area contributed by atoms with E-state index >= 15 is 0 Å². The van der Waals surface area contributed by atoms with Gasteiger partial charge in [-0.05, 0) is 24.7 Å². The van der Waals surface area contributed by atoms with Crippen LogP contribution in [-0.4, -0.2) is 61.2 Å². The van der Waals surface area contributed by atoms with Crippen LogP contribution in [0.5, 0.6) is 0 Å². The molecule has 0 radical (unpaired) electrons. The molecule has 0 amide bonds. The third-order valence-electron chi connectivity index (χ3n) is 2.71. The Morgan fingerprint density at radius 2 is 1.56 bits per heavy atom. The van der Waals surface area contributed by atoms with Crippen LogP contribution >= 0.6 is 0 Å². The maximum atomic E-state index is 10.8. The van der Waals surface area contributed by atoms with Gasteiger partial charge in [-0.1, -0.05) is 6.42 Å². The molecule has 0 atom stereocenters. The Morgan fingerprint density at radius 1 is 1.00 bits per heavy atom. The zero-order valence-electron chi connectivity index (χ0n) is 11.1. The summed E-state index contributed by atoms with van der Waals surface area (Å²) in [5, 5.41) is 24.3. The Bertz CT molecular complexity index is 220. The van der Waals surface area contributed by atoms with Crippen LogP contribution in [0.15, 0.2) is 5.28 Å². The average Bonchev–Trinajstić information content (AvgIpc) is 2.37. The number of hydrogen-bond donors (Lipinski definition) is 2. The van der Waals surface area contributed by atoms with E-state index in [9.17, 15) is 10.4 Å². The Morgan fingerprint density at radius 3 is 2.06 bits per heavy atom. The van der Waals surface area contributed by atoms with E-state index in [2.05, 4.69) is 10.2 Å². The second-order valence-corrected chi connectivity index (χ2v) is 4.20. The molecule has 18 heavy (non-hydrogen) atoms. The number of nitrogens with zero attached hydrogens (tertiary/aromatic N) is 4. The molecule has 0 aliphatic heterocycles. The van der Waals surface area contributed by atoms with Crippen molar-refractivity contribution in [3.05, 3.63) is 10.4 Å². The van der Waals surface area contributed by atoms with E-state index < -0.39 is 0 Å². The largest absolute Gasteiger partial charge is 0.737 e. The van der Waals surface area contributed by atoms with Gasteiger partial charge in [0.1, 0.15) is 0 Å². The molecule has 0 saturated carbocycles. The molecule has 8 heteroatoms. The van der Waals surface area contributed by atoms with Crippen LogP contribution in [0.2, 0.25) is 0 Å². The fourth-order valence-corrected chi connectivity index (χ4v) is 1.70. The fraction of sp³-hybridized carbons (Fsp3) is 1.00. The predicted octanol–water partition coefficient (Wildman–Crippen LogP) is -0.317. The van der Waals surface area contributed by atoms with Gasteiger partial charge in [-0.15, -0.1) is 0 Å². The average molecular weight is 261 g/mol. The zero-order chi connectivity index (χ0) is 13.8. The zero-order valence-corrected chi connectivity index (χ0v) is 11.1. The van der Waals surface area contributed by atoms with E-state index in [1.54, 1.807) is 7.05 Å². The summed E-state index contributed by atoms with van der Waals surface area (Å²) in [7, 11) is 1.55. The number of rotatable bonds is 11. The third kappa shape index (κ3) is 8.04. The number of unbranched alkanes of at least 4 members (excludes halogenated alkanes) is 2. The van der Waals surface area contributed by atoms with Crippen molar-refractivity contribution >= 4 is 0 Å². The lowest BCUT2D eigenvalue weighted by atomic mass is 10.2. The first-order chi connectivity index (χ1) is 8.65. The molecule has 4 N–H and O–H groups in total. The van der Waals surface area contributed by atoms with Gasteiger partial charge in [0, 0.05) is 31.1 Å². The highest BCUT2D eigenvalue weighted by molar-refractivity contribution is 4.59. The Labute approximate surface area is 108 Å². The molecule has 0 aliphatic rings. The molecule has 0 spiro atoms. The first-order valence-corrected chi connectivity index (χ1v) is 6.29. The maximum absolute atomic E-state index is 10.8. The molecule has 0 rings (SSSR count). The predicted molar refractivity (Wildman–Crippen MR) is 70.5 cm³/mol. The van der Waals surface area contributed by atoms with Crippen molar-refractivity contribution in [2.24, 2.45) is 16.7 Å². The van der Waals surface area contributed by atoms with Crippen molar-refractivity contribution in [3.63, 3.8) is 0 Å². The minimum atomic E-state index is 0.0646. The van der Waals surface area contributed by atoms with Crippen LogP contribution in [0.4, 0.5) is 0 Å². The molecule has 0 aromatic carbocycles. The Hall–Kier alpha value is -1.12. The van der Waals surface area contributed by atoms with Crippen molar-refractivity contribution < 1.29 is 4.97 Å². The molecule has 108 valence electrons. The summed E-state index contributed by atoms with van der Waals surface area (Å²) in [6, 6.07) is 0. The van der Waals surface area contributed by atoms with E-state index in [1.807, 2.05) is 0 Å². The summed E-state index contributed by atoms with van der Waals surface area (Å²) >= 11 is 0. The molecule has 0 aromatic heterocycles. The lowest BCUT2D eigenvalue weighted by molar-refractivity contribution is -0.684. The number of hydrogen-bond acceptors (Lipinski definition) is 6. The van der Waals surface area contributed by atoms with Gasteiger partial charge in [0.05, 0.1) is 13.6 Å². The number of nitrogens with two attached hydrogens (primary N) is 2. The summed E-state index contributed by atoms with van der Waals surface area (Å²) in [5.74, 6) is 0. The minimum absolute atomic E-state index is 0.0646. The third-order valence-corrected chi connectivity index (χ3v) is 2.71. The van der Waals surface area contributed by atoms with Gasteiger partial charge in [-0.3, -0.25) is 0 Å². The van der Waals surface area contributed by atoms with Crippen molar-refractivity contribution in [3.8, 4) is 0 Å². The molecular weight excluding hydrogens is 236 g/mol. The van der Waals surface area contributed by atoms with Gasteiger partial charge in [0.2, 0.25) is 0 Å². The highest BCUT2D eigenvalue weighted by Gasteiger charge is 2.05. The molecule has 0 bridgehead atoms. The van der Waals surface area contributed by atoms with E-state index in [1.165, 1.54) is 5.01 Å². The first-order valence-electron chi connectivity index (χ1n) is 6.29. The summed E-state index contributed by atoms with van der Waals surface area (Å²) < 4.78 is 0. The van der Waals surface area contributed by atoms with Gasteiger partial charge >= 0.3 is 0 Å². The van der Waals surface area contributed by atoms with Crippen molar-refractivity contribution in [2.45, 2.75) is 19.3 Å². The summed E-state index contributed by atoms with van der Waals surface area (Å²) in [6.07, 6.45) is 2.87. The standard InChI is InChI=1S/C10H26N6O2/c1-14(16(18)13-17)7-3-2-4-8-15(9-5-11)10-6-12/h17H,2-12H2,1H3/p-1/b16-13-. The van der Waals surface area contributed by atoms with Gasteiger partial charge in [-0.2, -0.15) is 5.01 Å². The highest BCUT2D eigenvalue weighted by atomic mass is 16.6. The van der Waals surface area contributed by atoms with Crippen LogP contribution in [0, 0.1) is 10.4 Å². The summed E-state index contributed by atoms with van der Waals surface area (Å²) in [4.78, 5) is 2.30. The van der Waals surface area contributed by atoms with E-state index in [-0.39, 0.29) is 4.97 Å². The van der Waals surface area contributed by atoms with E-state index in [0.29, 0.717) is 19.6 Å². The molecule has 0 heterocycles. The Kier molecular flexibility index (Phi) is 10.3. The van der Waals surface area contributed by atoms with Crippen molar-refractivity contribution in [1.82, 2.24) is 9.91 Å². The molecular formula is C10H25N6O2-. The van der Waals surface area contributed by atoms with Gasteiger partial charge in [0.15, 0.2) is 0 Å². The smallest absolute Gasteiger partial charge is 0.0764 e. The lowest BCUT2D eigenvalue weighted by Gasteiger charge is -2.20. The maximum Gasteiger partial charge on any atom is 0.0764 e. The van der Waals surface area contributed by atoms with Gasteiger partial charge < -0.3 is 26.8 Å². The first kappa shape index (κ1) is 16.9. The number of hydrazine groups is 1. The van der Waals surface area contributed by atoms with Crippen molar-refractivity contribution in [2.75, 3.05) is 46.3 Å². The second-order valence-electron chi connectivity index (χ2n) is 4.20. The second kappa shape index (κ2) is 11.0. The van der Waals surface area contributed by atoms with E-state index in [0.717, 1.165) is 38.9 Å². The van der Waals surface area contributed by atoms with Gasteiger partial charge in [-0.25, -0.2) is 0 Å². The highest BCUT2D eigenvalue weighted by Crippen LogP contribution is 2.00. The van der Waals surface area contributed by atoms with Crippen LogP contribution in [0.1, 0.15) is 19.3 Å². The van der Waals surface area contributed by atoms with Crippen LogP contribution in [0.25, 0.3) is 0 Å². The minimum Gasteiger partial charge on any atom is -0.737 e. The Balaban J connectivity index is 3.59. The molecule has 0 fully saturated rings. The van der Waals surface area contributed by atoms with Crippen LogP contribution in [-0.2, 0) is 0 Å². The van der Waals surface area contributed by atoms with Crippen LogP contribution < -0.4 is 11.5 Å². The quantitative estimate of drug-likeness (QED) is 0.228. The van der Waals surface area contributed by atoms with Crippen molar-refractivity contribution in [1.29, 1.82) is 0 Å². The van der Waals surface area contributed by atoms with Crippen LogP contribution in [0.3, 0.4) is 0 Å². The lowest BCUT2D eigenvalue weighted by Crippen LogP contribution is -2.34. The monoisotopic (exact) mass is 261 g/mol. The summed E-state index contributed by atoms with van der Waals surface area (Å²) in [5.41, 5.74) is 11.0. The molecule has 0 aliphatic carbocycles. The SMILES string of the molecule is CN(CCCCCN(CCN)CCN)/[N+]([O-])=N/[O-]. The van der Waals surface area contributed by atoms with Gasteiger partial charge in [0.25, 0.3) is 0 Å². The topological polar surface area (TPSA) is 120 Å². The fourth-order valence-electron chi connectivity index (χ4n) is 1.70. The molecule has 0 unspecified atom stereocenters. The van der Waals surface area contributed by atoms with E-state index in [4.69, 9.17) is 11.5 Å². The molecule has 0 aromatic rings. The molecule has 8 nitrogen and oxygen atoms in total. The summed E-state index contributed by atoms with van der Waals surface area (Å²) in [6.45, 7) is 4.49. The molecule has 0 saturated heterocycles.